The van der Waals surface area contributed by atoms with Crippen molar-refractivity contribution in [3.63, 3.8) is 0 Å². The zero-order chi connectivity index (χ0) is 33.3. The standard InChI is InChI=1S/C28H44N10O8/c1-39-13-35(14-40-2)25-29-23(30-26(33-25)36(15-41-3)16-42-4)21-9-11-22(12-10-21)24-31-27(37(17-43-5)18-44-6)34-28(32-24)38(19-45-7)20-46-8/h9-12H,13-20H2,1-8H3. The van der Waals surface area contributed by atoms with Gasteiger partial charge < -0.3 is 37.9 Å². The Morgan fingerprint density at radius 2 is 0.543 bits per heavy atom. The van der Waals surface area contributed by atoms with Gasteiger partial charge in [-0.15, -0.1) is 0 Å². The van der Waals surface area contributed by atoms with Crippen LogP contribution in [-0.4, -0.2) is 141 Å². The zero-order valence-corrected chi connectivity index (χ0v) is 27.7. The fourth-order valence-electron chi connectivity index (χ4n) is 4.16. The van der Waals surface area contributed by atoms with Gasteiger partial charge in [0.25, 0.3) is 0 Å². The second kappa shape index (κ2) is 19.6. The topological polar surface area (TPSA) is 164 Å². The third-order valence-corrected chi connectivity index (χ3v) is 6.04. The van der Waals surface area contributed by atoms with Gasteiger partial charge in [0.1, 0.15) is 53.8 Å². The van der Waals surface area contributed by atoms with Crippen molar-refractivity contribution in [3.8, 4) is 22.8 Å². The molecule has 46 heavy (non-hydrogen) atoms. The molecule has 0 saturated carbocycles. The first-order chi connectivity index (χ1) is 22.5. The van der Waals surface area contributed by atoms with Crippen LogP contribution in [-0.2, 0) is 37.9 Å². The van der Waals surface area contributed by atoms with Gasteiger partial charge in [0.15, 0.2) is 11.6 Å². The molecule has 0 aliphatic carbocycles. The fourth-order valence-corrected chi connectivity index (χ4v) is 4.16. The van der Waals surface area contributed by atoms with Crippen LogP contribution in [0.4, 0.5) is 23.8 Å². The lowest BCUT2D eigenvalue weighted by Gasteiger charge is -2.25. The summed E-state index contributed by atoms with van der Waals surface area (Å²) < 4.78 is 42.8. The zero-order valence-electron chi connectivity index (χ0n) is 27.7. The smallest absolute Gasteiger partial charge is 0.234 e. The molecule has 0 fully saturated rings. The minimum Gasteiger partial charge on any atom is -0.364 e. The largest absolute Gasteiger partial charge is 0.364 e. The summed E-state index contributed by atoms with van der Waals surface area (Å²) in [5.74, 6) is 2.23. The highest BCUT2D eigenvalue weighted by atomic mass is 16.5. The van der Waals surface area contributed by atoms with Gasteiger partial charge in [-0.1, -0.05) is 24.3 Å². The van der Waals surface area contributed by atoms with Crippen LogP contribution in [0.1, 0.15) is 0 Å². The Bertz CT molecular complexity index is 1120. The Kier molecular flexibility index (Phi) is 15.6. The van der Waals surface area contributed by atoms with Gasteiger partial charge in [0, 0.05) is 68.0 Å². The minimum atomic E-state index is 0.195. The quantitative estimate of drug-likeness (QED) is 0.144. The molecular formula is C28H44N10O8. The van der Waals surface area contributed by atoms with E-state index >= 15 is 0 Å². The molecule has 3 rings (SSSR count). The highest BCUT2D eigenvalue weighted by Gasteiger charge is 2.21. The Balaban J connectivity index is 2.11. The van der Waals surface area contributed by atoms with Crippen LogP contribution in [0.25, 0.3) is 22.8 Å². The molecule has 0 bridgehead atoms. The molecule has 254 valence electrons. The molecule has 0 amide bonds. The van der Waals surface area contributed by atoms with E-state index in [9.17, 15) is 0 Å². The van der Waals surface area contributed by atoms with Gasteiger partial charge in [-0.25, -0.2) is 0 Å². The van der Waals surface area contributed by atoms with Crippen LogP contribution in [0.15, 0.2) is 24.3 Å². The van der Waals surface area contributed by atoms with Gasteiger partial charge in [0.2, 0.25) is 23.8 Å². The summed E-state index contributed by atoms with van der Waals surface area (Å²) in [5.41, 5.74) is 1.43. The van der Waals surface area contributed by atoms with Crippen LogP contribution >= 0.6 is 0 Å². The Morgan fingerprint density at radius 3 is 0.717 bits per heavy atom. The average molecular weight is 649 g/mol. The lowest BCUT2D eigenvalue weighted by molar-refractivity contribution is 0.136. The summed E-state index contributed by atoms with van der Waals surface area (Å²) >= 11 is 0. The monoisotopic (exact) mass is 648 g/mol. The van der Waals surface area contributed by atoms with E-state index in [0.29, 0.717) is 46.6 Å². The molecule has 2 heterocycles. The van der Waals surface area contributed by atoms with Crippen molar-refractivity contribution >= 4 is 23.8 Å². The fraction of sp³-hybridized carbons (Fsp3) is 0.571. The second-order valence-corrected chi connectivity index (χ2v) is 9.60. The summed E-state index contributed by atoms with van der Waals surface area (Å²) in [4.78, 5) is 35.1. The number of anilines is 4. The minimum absolute atomic E-state index is 0.195. The predicted molar refractivity (Wildman–Crippen MR) is 169 cm³/mol. The molecule has 0 aliphatic rings. The highest BCUT2D eigenvalue weighted by molar-refractivity contribution is 5.66. The Hall–Kier alpha value is -3.88. The number of rotatable bonds is 22. The number of nitrogens with zero attached hydrogens (tertiary/aromatic N) is 10. The van der Waals surface area contributed by atoms with E-state index in [2.05, 4.69) is 9.97 Å². The first-order valence-corrected chi connectivity index (χ1v) is 14.0. The number of methoxy groups -OCH3 is 8. The second-order valence-electron chi connectivity index (χ2n) is 9.60. The molecule has 0 aliphatic heterocycles. The summed E-state index contributed by atoms with van der Waals surface area (Å²) in [6, 6.07) is 7.50. The lowest BCUT2D eigenvalue weighted by Crippen LogP contribution is -2.33. The number of aromatic nitrogens is 6. The number of ether oxygens (including phenoxy) is 8. The van der Waals surface area contributed by atoms with E-state index in [1.54, 1.807) is 76.5 Å². The SMILES string of the molecule is COCN(COC)c1nc(-c2ccc(-c3nc(N(COC)COC)nc(N(COC)COC)n3)cc2)nc(N(COC)COC)n1. The molecule has 3 aromatic rings. The molecule has 18 heteroatoms. The summed E-state index contributed by atoms with van der Waals surface area (Å²) in [5, 5.41) is 0. The predicted octanol–water partition coefficient (Wildman–Crippen LogP) is 1.45. The van der Waals surface area contributed by atoms with Crippen LogP contribution in [0, 0.1) is 0 Å². The maximum atomic E-state index is 5.36. The molecule has 1 aromatic carbocycles. The molecular weight excluding hydrogens is 604 g/mol. The molecule has 18 nitrogen and oxygen atoms in total. The van der Waals surface area contributed by atoms with Crippen molar-refractivity contribution in [1.82, 2.24) is 29.9 Å². The number of hydrogen-bond acceptors (Lipinski definition) is 18. The van der Waals surface area contributed by atoms with Crippen molar-refractivity contribution < 1.29 is 37.9 Å². The maximum Gasteiger partial charge on any atom is 0.234 e. The van der Waals surface area contributed by atoms with Crippen molar-refractivity contribution in [2.75, 3.05) is 130 Å². The third-order valence-electron chi connectivity index (χ3n) is 6.04. The molecule has 0 unspecified atom stereocenters. The van der Waals surface area contributed by atoms with Crippen molar-refractivity contribution in [3.05, 3.63) is 24.3 Å². The van der Waals surface area contributed by atoms with Crippen LogP contribution in [0.3, 0.4) is 0 Å². The van der Waals surface area contributed by atoms with Crippen molar-refractivity contribution in [1.29, 1.82) is 0 Å². The molecule has 0 spiro atoms. The Morgan fingerprint density at radius 1 is 0.348 bits per heavy atom. The normalized spacial score (nSPS) is 11.1. The highest BCUT2D eigenvalue weighted by Crippen LogP contribution is 2.26. The van der Waals surface area contributed by atoms with Crippen molar-refractivity contribution in [2.24, 2.45) is 0 Å². The Labute approximate surface area is 269 Å². The van der Waals surface area contributed by atoms with E-state index in [-0.39, 0.29) is 53.8 Å². The van der Waals surface area contributed by atoms with E-state index in [1.165, 1.54) is 0 Å². The molecule has 0 N–H and O–H groups in total. The number of hydrogen-bond donors (Lipinski definition) is 0. The van der Waals surface area contributed by atoms with Crippen LogP contribution in [0.2, 0.25) is 0 Å². The van der Waals surface area contributed by atoms with Gasteiger partial charge in [-0.3, -0.25) is 19.6 Å². The maximum absolute atomic E-state index is 5.36. The number of benzene rings is 1. The summed E-state index contributed by atoms with van der Waals surface area (Å²) in [6.45, 7) is 1.56. The molecule has 0 atom stereocenters. The summed E-state index contributed by atoms with van der Waals surface area (Å²) in [7, 11) is 12.7. The average Bonchev–Trinajstić information content (AvgIpc) is 3.07. The van der Waals surface area contributed by atoms with Crippen molar-refractivity contribution in [2.45, 2.75) is 0 Å². The van der Waals surface area contributed by atoms with Crippen LogP contribution < -0.4 is 19.6 Å². The summed E-state index contributed by atoms with van der Waals surface area (Å²) in [6.07, 6.45) is 0. The van der Waals surface area contributed by atoms with E-state index in [1.807, 2.05) is 24.3 Å². The molecule has 2 aromatic heterocycles. The first kappa shape index (κ1) is 36.6. The van der Waals surface area contributed by atoms with Gasteiger partial charge >= 0.3 is 0 Å². The van der Waals surface area contributed by atoms with Gasteiger partial charge in [-0.2, -0.15) is 29.9 Å². The molecule has 0 radical (unpaired) electrons. The van der Waals surface area contributed by atoms with E-state index < -0.39 is 0 Å². The third kappa shape index (κ3) is 10.1. The van der Waals surface area contributed by atoms with Gasteiger partial charge in [-0.05, 0) is 0 Å². The van der Waals surface area contributed by atoms with E-state index in [4.69, 9.17) is 57.8 Å². The molecule has 0 saturated heterocycles. The van der Waals surface area contributed by atoms with Crippen LogP contribution in [0.5, 0.6) is 0 Å². The van der Waals surface area contributed by atoms with E-state index in [0.717, 1.165) is 0 Å². The first-order valence-electron chi connectivity index (χ1n) is 14.0. The van der Waals surface area contributed by atoms with Gasteiger partial charge in [0.05, 0.1) is 0 Å². The lowest BCUT2D eigenvalue weighted by atomic mass is 10.1.